The highest BCUT2D eigenvalue weighted by molar-refractivity contribution is 7.89. The van der Waals surface area contributed by atoms with Crippen LogP contribution in [0.2, 0.25) is 0 Å². The maximum atomic E-state index is 12.9. The molecule has 0 radical (unpaired) electrons. The van der Waals surface area contributed by atoms with Crippen LogP contribution in [0.5, 0.6) is 0 Å². The predicted octanol–water partition coefficient (Wildman–Crippen LogP) is 2.98. The van der Waals surface area contributed by atoms with E-state index in [1.807, 2.05) is 31.2 Å². The molecule has 0 aromatic heterocycles. The average Bonchev–Trinajstić information content (AvgIpc) is 2.65. The van der Waals surface area contributed by atoms with Crippen molar-refractivity contribution in [3.8, 4) is 0 Å². The molecule has 2 aromatic carbocycles. The molecular weight excluding hydrogens is 400 g/mol. The Bertz CT molecular complexity index is 960. The standard InChI is InChI=1S/C23H32N2O4S/c1-16-7-13-20(14-8-16)30(28,29)24-21(17(2)26)22(27)25(6)15-18-9-11-19(12-10-18)23(3,4)5/h7-14,17,21,24,26H,15H2,1-6H3/t17-,21+/m1/s1. The molecule has 0 bridgehead atoms. The number of nitrogens with zero attached hydrogens (tertiary/aromatic N) is 1. The molecule has 2 N–H and O–H groups in total. The van der Waals surface area contributed by atoms with Crippen LogP contribution in [0.25, 0.3) is 0 Å². The number of likely N-dealkylation sites (N-methyl/N-ethyl adjacent to an activating group) is 1. The van der Waals surface area contributed by atoms with E-state index in [0.717, 1.165) is 11.1 Å². The van der Waals surface area contributed by atoms with Crippen molar-refractivity contribution < 1.29 is 18.3 Å². The first-order valence-electron chi connectivity index (χ1n) is 9.93. The van der Waals surface area contributed by atoms with E-state index in [1.165, 1.54) is 29.5 Å². The Kier molecular flexibility index (Phi) is 7.45. The van der Waals surface area contributed by atoms with Crippen LogP contribution >= 0.6 is 0 Å². The van der Waals surface area contributed by atoms with Crippen molar-refractivity contribution in [2.24, 2.45) is 0 Å². The Morgan fingerprint density at radius 3 is 2.07 bits per heavy atom. The maximum absolute atomic E-state index is 12.9. The smallest absolute Gasteiger partial charge is 0.243 e. The second-order valence-corrected chi connectivity index (χ2v) is 10.5. The number of hydrogen-bond acceptors (Lipinski definition) is 4. The van der Waals surface area contributed by atoms with Crippen molar-refractivity contribution in [2.75, 3.05) is 7.05 Å². The van der Waals surface area contributed by atoms with Crippen LogP contribution in [0.1, 0.15) is 44.4 Å². The zero-order valence-corrected chi connectivity index (χ0v) is 19.3. The van der Waals surface area contributed by atoms with Crippen molar-refractivity contribution in [3.63, 3.8) is 0 Å². The number of benzene rings is 2. The Morgan fingerprint density at radius 1 is 1.07 bits per heavy atom. The molecule has 0 saturated heterocycles. The monoisotopic (exact) mass is 432 g/mol. The van der Waals surface area contributed by atoms with Gasteiger partial charge < -0.3 is 10.0 Å². The average molecular weight is 433 g/mol. The quantitative estimate of drug-likeness (QED) is 0.704. The summed E-state index contributed by atoms with van der Waals surface area (Å²) < 4.78 is 27.7. The summed E-state index contributed by atoms with van der Waals surface area (Å²) in [6.07, 6.45) is -1.19. The highest BCUT2D eigenvalue weighted by Crippen LogP contribution is 2.22. The number of carbonyl (C=O) groups is 1. The van der Waals surface area contributed by atoms with Crippen LogP contribution in [0, 0.1) is 6.92 Å². The molecule has 0 heterocycles. The Labute approximate surface area is 180 Å². The van der Waals surface area contributed by atoms with E-state index in [4.69, 9.17) is 0 Å². The molecule has 2 atom stereocenters. The zero-order valence-electron chi connectivity index (χ0n) is 18.5. The van der Waals surface area contributed by atoms with Crippen LogP contribution < -0.4 is 4.72 Å². The molecule has 164 valence electrons. The van der Waals surface area contributed by atoms with Crippen LogP contribution in [0.4, 0.5) is 0 Å². The van der Waals surface area contributed by atoms with E-state index in [-0.39, 0.29) is 10.3 Å². The molecule has 2 rings (SSSR count). The first-order chi connectivity index (χ1) is 13.8. The second-order valence-electron chi connectivity index (χ2n) is 8.79. The molecule has 1 amide bonds. The molecule has 2 aromatic rings. The number of hydrogen-bond donors (Lipinski definition) is 2. The number of amides is 1. The molecule has 7 heteroatoms. The third-order valence-electron chi connectivity index (χ3n) is 4.98. The fourth-order valence-electron chi connectivity index (χ4n) is 3.01. The largest absolute Gasteiger partial charge is 0.391 e. The summed E-state index contributed by atoms with van der Waals surface area (Å²) in [6, 6.07) is 13.0. The normalized spacial score (nSPS) is 14.2. The molecule has 30 heavy (non-hydrogen) atoms. The molecule has 0 aliphatic heterocycles. The minimum atomic E-state index is -3.95. The lowest BCUT2D eigenvalue weighted by atomic mass is 9.87. The van der Waals surface area contributed by atoms with E-state index in [1.54, 1.807) is 19.2 Å². The fraction of sp³-hybridized carbons (Fsp3) is 0.435. The number of aliphatic hydroxyl groups excluding tert-OH is 1. The number of aryl methyl sites for hydroxylation is 1. The summed E-state index contributed by atoms with van der Waals surface area (Å²) in [5.41, 5.74) is 3.07. The first-order valence-corrected chi connectivity index (χ1v) is 11.4. The SMILES string of the molecule is Cc1ccc(S(=O)(=O)N[C@H](C(=O)N(C)Cc2ccc(C(C)(C)C)cc2)[C@@H](C)O)cc1. The van der Waals surface area contributed by atoms with Gasteiger partial charge in [0, 0.05) is 13.6 Å². The fourth-order valence-corrected chi connectivity index (χ4v) is 4.27. The summed E-state index contributed by atoms with van der Waals surface area (Å²) in [6.45, 7) is 9.95. The van der Waals surface area contributed by atoms with Crippen molar-refractivity contribution in [1.29, 1.82) is 0 Å². The lowest BCUT2D eigenvalue weighted by Gasteiger charge is -2.26. The van der Waals surface area contributed by atoms with Gasteiger partial charge in [0.15, 0.2) is 0 Å². The molecule has 0 aliphatic rings. The van der Waals surface area contributed by atoms with Gasteiger partial charge in [-0.3, -0.25) is 4.79 Å². The van der Waals surface area contributed by atoms with Gasteiger partial charge >= 0.3 is 0 Å². The highest BCUT2D eigenvalue weighted by Gasteiger charge is 2.31. The van der Waals surface area contributed by atoms with E-state index in [2.05, 4.69) is 25.5 Å². The van der Waals surface area contributed by atoms with E-state index in [0.29, 0.717) is 6.54 Å². The van der Waals surface area contributed by atoms with Crippen LogP contribution in [-0.4, -0.2) is 43.5 Å². The third kappa shape index (κ3) is 6.14. The summed E-state index contributed by atoms with van der Waals surface area (Å²) in [5, 5.41) is 10.1. The number of carbonyl (C=O) groups excluding carboxylic acids is 1. The van der Waals surface area contributed by atoms with E-state index in [9.17, 15) is 18.3 Å². The van der Waals surface area contributed by atoms with Crippen LogP contribution in [0.3, 0.4) is 0 Å². The van der Waals surface area contributed by atoms with Crippen molar-refractivity contribution in [3.05, 3.63) is 65.2 Å². The van der Waals surface area contributed by atoms with E-state index < -0.39 is 28.1 Å². The van der Waals surface area contributed by atoms with Crippen molar-refractivity contribution in [2.45, 2.75) is 63.6 Å². The first kappa shape index (κ1) is 24.1. The third-order valence-corrected chi connectivity index (χ3v) is 6.43. The summed E-state index contributed by atoms with van der Waals surface area (Å²) in [7, 11) is -2.36. The number of sulfonamides is 1. The van der Waals surface area contributed by atoms with Crippen molar-refractivity contribution >= 4 is 15.9 Å². The van der Waals surface area contributed by atoms with Gasteiger partial charge in [-0.05, 0) is 42.5 Å². The van der Waals surface area contributed by atoms with Crippen molar-refractivity contribution in [1.82, 2.24) is 9.62 Å². The Morgan fingerprint density at radius 2 is 1.60 bits per heavy atom. The van der Waals surface area contributed by atoms with Gasteiger partial charge in [-0.25, -0.2) is 8.42 Å². The zero-order chi connectivity index (χ0) is 22.7. The Balaban J connectivity index is 2.15. The minimum absolute atomic E-state index is 0.0337. The van der Waals surface area contributed by atoms with Gasteiger partial charge in [0.2, 0.25) is 15.9 Å². The minimum Gasteiger partial charge on any atom is -0.391 e. The Hall–Kier alpha value is -2.22. The van der Waals surface area contributed by atoms with Gasteiger partial charge in [0.05, 0.1) is 11.0 Å². The molecule has 0 unspecified atom stereocenters. The molecule has 0 spiro atoms. The second kappa shape index (κ2) is 9.29. The van der Waals surface area contributed by atoms with Gasteiger partial charge in [-0.2, -0.15) is 4.72 Å². The summed E-state index contributed by atoms with van der Waals surface area (Å²) in [5.74, 6) is -0.499. The molecule has 0 aliphatic carbocycles. The van der Waals surface area contributed by atoms with Gasteiger partial charge in [0.25, 0.3) is 0 Å². The van der Waals surface area contributed by atoms with Gasteiger partial charge in [-0.15, -0.1) is 0 Å². The lowest BCUT2D eigenvalue weighted by Crippen LogP contribution is -2.52. The van der Waals surface area contributed by atoms with Crippen LogP contribution in [0.15, 0.2) is 53.4 Å². The van der Waals surface area contributed by atoms with Gasteiger partial charge in [0.1, 0.15) is 6.04 Å². The summed E-state index contributed by atoms with van der Waals surface area (Å²) >= 11 is 0. The molecular formula is C23H32N2O4S. The van der Waals surface area contributed by atoms with Crippen LogP contribution in [-0.2, 0) is 26.8 Å². The topological polar surface area (TPSA) is 86.7 Å². The van der Waals surface area contributed by atoms with E-state index >= 15 is 0 Å². The number of nitrogens with one attached hydrogen (secondary N) is 1. The molecule has 0 fully saturated rings. The predicted molar refractivity (Wildman–Crippen MR) is 119 cm³/mol. The van der Waals surface area contributed by atoms with Gasteiger partial charge in [-0.1, -0.05) is 62.7 Å². The highest BCUT2D eigenvalue weighted by atomic mass is 32.2. The molecule has 6 nitrogen and oxygen atoms in total. The number of aliphatic hydroxyl groups is 1. The lowest BCUT2D eigenvalue weighted by molar-refractivity contribution is -0.134. The maximum Gasteiger partial charge on any atom is 0.243 e. The number of rotatable bonds is 7. The molecule has 0 saturated carbocycles. The summed E-state index contributed by atoms with van der Waals surface area (Å²) in [4.78, 5) is 14.4.